The van der Waals surface area contributed by atoms with E-state index in [2.05, 4.69) is 25.0 Å². The fraction of sp³-hybridized carbons (Fsp3) is 0.600. The number of hydrogen-bond donors (Lipinski definition) is 2. The highest BCUT2D eigenvalue weighted by Crippen LogP contribution is 2.11. The van der Waals surface area contributed by atoms with Gasteiger partial charge in [0.15, 0.2) is 0 Å². The second-order valence-electron chi connectivity index (χ2n) is 4.20. The van der Waals surface area contributed by atoms with Gasteiger partial charge in [0.2, 0.25) is 0 Å². The number of aliphatic hydroxyl groups is 1. The summed E-state index contributed by atoms with van der Waals surface area (Å²) in [6, 6.07) is 0. The molecule has 1 heterocycles. The second-order valence-corrected chi connectivity index (χ2v) is 4.20. The maximum atomic E-state index is 11.8. The van der Waals surface area contributed by atoms with Crippen molar-refractivity contribution in [2.24, 2.45) is 10.2 Å². The lowest BCUT2D eigenvalue weighted by molar-refractivity contribution is -0.0670. The van der Waals surface area contributed by atoms with E-state index in [1.54, 1.807) is 0 Å². The maximum absolute atomic E-state index is 11.8. The molecule has 0 amide bonds. The van der Waals surface area contributed by atoms with Gasteiger partial charge in [0.1, 0.15) is 6.23 Å². The average molecular weight is 310 g/mol. The number of hydrogen-bond acceptors (Lipinski definition) is 6. The van der Waals surface area contributed by atoms with Crippen LogP contribution in [0.4, 0.5) is 0 Å². The van der Waals surface area contributed by atoms with Gasteiger partial charge in [0.25, 0.3) is 5.56 Å². The van der Waals surface area contributed by atoms with Gasteiger partial charge in [0.05, 0.1) is 25.8 Å². The number of ether oxygens (including phenoxy) is 1. The lowest BCUT2D eigenvalue weighted by Gasteiger charge is -2.23. The minimum Gasteiger partial charge on any atom is -0.394 e. The summed E-state index contributed by atoms with van der Waals surface area (Å²) in [5.41, 5.74) is 15.6. The van der Waals surface area contributed by atoms with E-state index in [4.69, 9.17) is 15.8 Å². The first-order valence-corrected chi connectivity index (χ1v) is 6.13. The predicted octanol–water partition coefficient (Wildman–Crippen LogP) is 0.342. The number of aromatic nitrogens is 2. The van der Waals surface area contributed by atoms with Crippen LogP contribution in [-0.2, 0) is 4.74 Å². The van der Waals surface area contributed by atoms with Crippen LogP contribution < -0.4 is 11.2 Å². The number of nitrogens with one attached hydrogen (secondary N) is 1. The van der Waals surface area contributed by atoms with Gasteiger partial charge in [-0.15, -0.1) is 0 Å². The number of rotatable bonds is 8. The van der Waals surface area contributed by atoms with Gasteiger partial charge in [-0.25, -0.2) is 4.79 Å². The van der Waals surface area contributed by atoms with Crippen molar-refractivity contribution in [1.82, 2.24) is 9.55 Å². The SMILES string of the molecule is Cc1cn([C@@H](CN=[N+]=[N-])O[C@H](CO)CN=[N+]=[N-])c(=O)[nH]c1=O. The third kappa shape index (κ3) is 4.65. The Hall–Kier alpha value is -2.78. The summed E-state index contributed by atoms with van der Waals surface area (Å²) < 4.78 is 6.46. The number of aryl methyl sites for hydroxylation is 1. The summed E-state index contributed by atoms with van der Waals surface area (Å²) in [5.74, 6) is 0. The van der Waals surface area contributed by atoms with E-state index >= 15 is 0 Å². The van der Waals surface area contributed by atoms with Crippen molar-refractivity contribution in [1.29, 1.82) is 0 Å². The number of aliphatic hydroxyl groups excluding tert-OH is 1. The molecule has 0 aliphatic rings. The smallest absolute Gasteiger partial charge is 0.330 e. The molecule has 2 N–H and O–H groups in total. The van der Waals surface area contributed by atoms with Crippen LogP contribution in [0.1, 0.15) is 11.8 Å². The van der Waals surface area contributed by atoms with Crippen molar-refractivity contribution in [2.75, 3.05) is 19.7 Å². The van der Waals surface area contributed by atoms with Gasteiger partial charge in [-0.3, -0.25) is 14.3 Å². The molecule has 118 valence electrons. The third-order valence-corrected chi connectivity index (χ3v) is 2.66. The molecule has 0 unspecified atom stereocenters. The van der Waals surface area contributed by atoms with Gasteiger partial charge in [-0.2, -0.15) is 0 Å². The highest BCUT2D eigenvalue weighted by Gasteiger charge is 2.18. The van der Waals surface area contributed by atoms with Crippen molar-refractivity contribution in [3.05, 3.63) is 53.5 Å². The zero-order valence-corrected chi connectivity index (χ0v) is 11.7. The lowest BCUT2D eigenvalue weighted by Crippen LogP contribution is -2.37. The molecule has 0 aliphatic carbocycles. The Bertz CT molecular complexity index is 712. The van der Waals surface area contributed by atoms with Gasteiger partial charge in [0, 0.05) is 21.6 Å². The first-order valence-electron chi connectivity index (χ1n) is 6.13. The summed E-state index contributed by atoms with van der Waals surface area (Å²) in [4.78, 5) is 30.4. The van der Waals surface area contributed by atoms with E-state index in [-0.39, 0.29) is 18.7 Å². The van der Waals surface area contributed by atoms with E-state index in [0.29, 0.717) is 0 Å². The molecule has 0 aromatic carbocycles. The van der Waals surface area contributed by atoms with Crippen LogP contribution >= 0.6 is 0 Å². The second kappa shape index (κ2) is 8.49. The molecule has 0 saturated heterocycles. The van der Waals surface area contributed by atoms with E-state index in [1.807, 2.05) is 0 Å². The number of aromatic amines is 1. The molecule has 0 saturated carbocycles. The molecule has 1 aromatic heterocycles. The van der Waals surface area contributed by atoms with Crippen LogP contribution in [0.3, 0.4) is 0 Å². The van der Waals surface area contributed by atoms with Crippen LogP contribution in [0.15, 0.2) is 26.0 Å². The summed E-state index contributed by atoms with van der Waals surface area (Å²) >= 11 is 0. The maximum Gasteiger partial charge on any atom is 0.330 e. The predicted molar refractivity (Wildman–Crippen MR) is 75.1 cm³/mol. The molecule has 0 aliphatic heterocycles. The minimum atomic E-state index is -1.06. The normalized spacial score (nSPS) is 12.8. The zero-order chi connectivity index (χ0) is 16.5. The highest BCUT2D eigenvalue weighted by molar-refractivity contribution is 5.01. The van der Waals surface area contributed by atoms with Gasteiger partial charge >= 0.3 is 5.69 Å². The van der Waals surface area contributed by atoms with Crippen molar-refractivity contribution >= 4 is 0 Å². The zero-order valence-electron chi connectivity index (χ0n) is 11.7. The largest absolute Gasteiger partial charge is 0.394 e. The van der Waals surface area contributed by atoms with Crippen LogP contribution in [-0.4, -0.2) is 40.5 Å². The van der Waals surface area contributed by atoms with Crippen LogP contribution in [0, 0.1) is 6.92 Å². The molecular formula is C10H14N8O4. The molecule has 0 spiro atoms. The minimum absolute atomic E-state index is 0.170. The highest BCUT2D eigenvalue weighted by atomic mass is 16.5. The van der Waals surface area contributed by atoms with Crippen molar-refractivity contribution in [2.45, 2.75) is 19.3 Å². The molecule has 22 heavy (non-hydrogen) atoms. The summed E-state index contributed by atoms with van der Waals surface area (Å²) in [6.07, 6.45) is -0.709. The molecular weight excluding hydrogens is 296 g/mol. The average Bonchev–Trinajstić information content (AvgIpc) is 2.50. The van der Waals surface area contributed by atoms with Crippen LogP contribution in [0.25, 0.3) is 20.9 Å². The summed E-state index contributed by atoms with van der Waals surface area (Å²) in [6.45, 7) is 0.595. The lowest BCUT2D eigenvalue weighted by atomic mass is 10.3. The fourth-order valence-electron chi connectivity index (χ4n) is 1.60. The Morgan fingerprint density at radius 3 is 2.59 bits per heavy atom. The molecule has 2 atom stereocenters. The summed E-state index contributed by atoms with van der Waals surface area (Å²) in [7, 11) is 0. The summed E-state index contributed by atoms with van der Waals surface area (Å²) in [5, 5.41) is 15.8. The monoisotopic (exact) mass is 310 g/mol. The van der Waals surface area contributed by atoms with E-state index in [0.717, 1.165) is 4.57 Å². The van der Waals surface area contributed by atoms with Crippen LogP contribution in [0.5, 0.6) is 0 Å². The number of H-pyrrole nitrogens is 1. The Morgan fingerprint density at radius 1 is 1.36 bits per heavy atom. The van der Waals surface area contributed by atoms with Gasteiger partial charge < -0.3 is 9.84 Å². The Kier molecular flexibility index (Phi) is 6.67. The van der Waals surface area contributed by atoms with Gasteiger partial charge in [-0.05, 0) is 18.0 Å². The molecule has 0 fully saturated rings. The topological polar surface area (TPSA) is 182 Å². The van der Waals surface area contributed by atoms with Crippen molar-refractivity contribution in [3.8, 4) is 0 Å². The molecule has 0 radical (unpaired) electrons. The van der Waals surface area contributed by atoms with Crippen LogP contribution in [0.2, 0.25) is 0 Å². The Morgan fingerprint density at radius 2 is 2.00 bits per heavy atom. The number of azide groups is 2. The van der Waals surface area contributed by atoms with E-state index in [9.17, 15) is 14.7 Å². The Labute approximate surface area is 123 Å². The molecule has 12 nitrogen and oxygen atoms in total. The quantitative estimate of drug-likeness (QED) is 0.399. The van der Waals surface area contributed by atoms with Gasteiger partial charge in [-0.1, -0.05) is 10.2 Å². The third-order valence-electron chi connectivity index (χ3n) is 2.66. The molecule has 0 bridgehead atoms. The number of nitrogens with zero attached hydrogens (tertiary/aromatic N) is 7. The Balaban J connectivity index is 3.14. The molecule has 1 aromatic rings. The fourth-order valence-corrected chi connectivity index (χ4v) is 1.60. The van der Waals surface area contributed by atoms with Crippen molar-refractivity contribution in [3.63, 3.8) is 0 Å². The molecule has 12 heteroatoms. The first-order chi connectivity index (χ1) is 10.5. The van der Waals surface area contributed by atoms with E-state index in [1.165, 1.54) is 13.1 Å². The first kappa shape index (κ1) is 17.3. The van der Waals surface area contributed by atoms with Crippen molar-refractivity contribution < 1.29 is 9.84 Å². The standard InChI is InChI=1S/C10H14N8O4/c1-6-4-18(10(21)15-9(6)20)8(3-14-17-12)22-7(5-19)2-13-16-11/h4,7-8,19H,2-3,5H2,1H3,(H,15,20,21)/t7-,8+/m0/s1. The van der Waals surface area contributed by atoms with E-state index < -0.39 is 30.2 Å². The molecule has 1 rings (SSSR count).